The number of imidazole rings is 1. The highest BCUT2D eigenvalue weighted by atomic mass is 16.5. The summed E-state index contributed by atoms with van der Waals surface area (Å²) < 4.78 is 6.88. The van der Waals surface area contributed by atoms with E-state index in [2.05, 4.69) is 9.97 Å². The van der Waals surface area contributed by atoms with Gasteiger partial charge >= 0.3 is 5.97 Å². The van der Waals surface area contributed by atoms with E-state index < -0.39 is 5.97 Å². The number of carbonyl (C=O) groups is 1. The van der Waals surface area contributed by atoms with Crippen LogP contribution in [-0.4, -0.2) is 32.2 Å². The maximum Gasteiger partial charge on any atom is 0.356 e. The first-order valence-electron chi connectivity index (χ1n) is 4.82. The lowest BCUT2D eigenvalue weighted by Crippen LogP contribution is -2.04. The first kappa shape index (κ1) is 10.4. The molecule has 0 bridgehead atoms. The molecule has 0 atom stereocenters. The number of ether oxygens (including phenoxy) is 1. The molecule has 1 N–H and O–H groups in total. The van der Waals surface area contributed by atoms with E-state index in [1.807, 2.05) is 6.92 Å². The standard InChI is InChI=1S/C10H11N3O3/c1-3-16-10-12-6-4-5-11-7(9(14)15)8(6)13(10)2/h4-5H,3H2,1-2H3,(H,14,15). The number of fused-ring (bicyclic) bond motifs is 1. The second-order valence-electron chi connectivity index (χ2n) is 3.22. The molecule has 84 valence electrons. The van der Waals surface area contributed by atoms with Crippen LogP contribution in [0.1, 0.15) is 17.4 Å². The van der Waals surface area contributed by atoms with Crippen molar-refractivity contribution in [3.8, 4) is 6.01 Å². The number of hydrogen-bond donors (Lipinski definition) is 1. The Morgan fingerprint density at radius 2 is 2.38 bits per heavy atom. The number of carboxylic acids is 1. The molecule has 0 saturated heterocycles. The van der Waals surface area contributed by atoms with Crippen LogP contribution in [0.25, 0.3) is 11.0 Å². The van der Waals surface area contributed by atoms with Crippen LogP contribution in [0.2, 0.25) is 0 Å². The Kier molecular flexibility index (Phi) is 2.47. The van der Waals surface area contributed by atoms with Crippen LogP contribution in [0, 0.1) is 0 Å². The average Bonchev–Trinajstić information content (AvgIpc) is 2.57. The van der Waals surface area contributed by atoms with Crippen molar-refractivity contribution in [2.45, 2.75) is 6.92 Å². The number of hydrogen-bond acceptors (Lipinski definition) is 4. The van der Waals surface area contributed by atoms with Gasteiger partial charge in [0, 0.05) is 13.2 Å². The molecule has 0 fully saturated rings. The third-order valence-electron chi connectivity index (χ3n) is 2.22. The number of aryl methyl sites for hydroxylation is 1. The lowest BCUT2D eigenvalue weighted by molar-refractivity contribution is 0.0692. The lowest BCUT2D eigenvalue weighted by atomic mass is 10.3. The quantitative estimate of drug-likeness (QED) is 0.838. The molecule has 0 amide bonds. The maximum absolute atomic E-state index is 11.0. The van der Waals surface area contributed by atoms with Crippen LogP contribution in [0.3, 0.4) is 0 Å². The van der Waals surface area contributed by atoms with Crippen LogP contribution in [-0.2, 0) is 7.05 Å². The van der Waals surface area contributed by atoms with Gasteiger partial charge < -0.3 is 9.84 Å². The zero-order valence-electron chi connectivity index (χ0n) is 8.97. The van der Waals surface area contributed by atoms with E-state index in [0.717, 1.165) is 0 Å². The first-order valence-corrected chi connectivity index (χ1v) is 4.82. The summed E-state index contributed by atoms with van der Waals surface area (Å²) in [7, 11) is 1.70. The van der Waals surface area contributed by atoms with E-state index in [1.54, 1.807) is 17.7 Å². The molecule has 0 aliphatic heterocycles. The molecule has 16 heavy (non-hydrogen) atoms. The van der Waals surface area contributed by atoms with Crippen molar-refractivity contribution in [1.29, 1.82) is 0 Å². The van der Waals surface area contributed by atoms with E-state index in [4.69, 9.17) is 9.84 Å². The van der Waals surface area contributed by atoms with Gasteiger partial charge in [0.05, 0.1) is 12.1 Å². The minimum Gasteiger partial charge on any atom is -0.476 e. The first-order chi connectivity index (χ1) is 7.65. The maximum atomic E-state index is 11.0. The molecular weight excluding hydrogens is 210 g/mol. The zero-order valence-corrected chi connectivity index (χ0v) is 8.97. The summed E-state index contributed by atoms with van der Waals surface area (Å²) >= 11 is 0. The monoisotopic (exact) mass is 221 g/mol. The average molecular weight is 221 g/mol. The van der Waals surface area contributed by atoms with Gasteiger partial charge in [-0.1, -0.05) is 0 Å². The van der Waals surface area contributed by atoms with E-state index >= 15 is 0 Å². The van der Waals surface area contributed by atoms with Gasteiger partial charge in [-0.25, -0.2) is 9.78 Å². The molecule has 0 aromatic carbocycles. The van der Waals surface area contributed by atoms with Gasteiger partial charge in [0.25, 0.3) is 6.01 Å². The third-order valence-corrected chi connectivity index (χ3v) is 2.22. The van der Waals surface area contributed by atoms with Crippen molar-refractivity contribution in [2.75, 3.05) is 6.61 Å². The molecule has 6 heteroatoms. The summed E-state index contributed by atoms with van der Waals surface area (Å²) in [5.41, 5.74) is 1.02. The summed E-state index contributed by atoms with van der Waals surface area (Å²) in [6.07, 6.45) is 1.43. The Bertz CT molecular complexity index is 547. The Labute approximate surface area is 91.5 Å². The predicted molar refractivity (Wildman–Crippen MR) is 56.6 cm³/mol. The topological polar surface area (TPSA) is 77.2 Å². The number of pyridine rings is 1. The number of nitrogens with zero attached hydrogens (tertiary/aromatic N) is 3. The smallest absolute Gasteiger partial charge is 0.356 e. The molecule has 2 aromatic heterocycles. The highest BCUT2D eigenvalue weighted by Gasteiger charge is 2.17. The van der Waals surface area contributed by atoms with Crippen LogP contribution in [0.5, 0.6) is 6.01 Å². The molecule has 2 rings (SSSR count). The molecular formula is C10H11N3O3. The van der Waals surface area contributed by atoms with Gasteiger partial charge in [0.15, 0.2) is 5.69 Å². The largest absolute Gasteiger partial charge is 0.476 e. The molecule has 0 radical (unpaired) electrons. The number of aromatic carboxylic acids is 1. The second kappa shape index (κ2) is 3.80. The zero-order chi connectivity index (χ0) is 11.7. The van der Waals surface area contributed by atoms with Crippen molar-refractivity contribution in [3.63, 3.8) is 0 Å². The minimum atomic E-state index is -1.07. The molecule has 0 spiro atoms. The molecule has 0 saturated carbocycles. The number of carboxylic acid groups (broad SMARTS) is 1. The molecule has 2 aromatic rings. The van der Waals surface area contributed by atoms with Crippen molar-refractivity contribution in [2.24, 2.45) is 7.05 Å². The van der Waals surface area contributed by atoms with Crippen molar-refractivity contribution < 1.29 is 14.6 Å². The summed E-state index contributed by atoms with van der Waals surface area (Å²) in [6, 6.07) is 2.05. The highest BCUT2D eigenvalue weighted by Crippen LogP contribution is 2.21. The Hall–Kier alpha value is -2.11. The summed E-state index contributed by atoms with van der Waals surface area (Å²) in [5.74, 6) is -1.07. The SMILES string of the molecule is CCOc1nc2ccnc(C(=O)O)c2n1C. The normalized spacial score (nSPS) is 10.6. The fourth-order valence-electron chi connectivity index (χ4n) is 1.55. The van der Waals surface area contributed by atoms with Gasteiger partial charge in [-0.15, -0.1) is 0 Å². The third kappa shape index (κ3) is 1.48. The Morgan fingerprint density at radius 3 is 3.00 bits per heavy atom. The predicted octanol–water partition coefficient (Wildman–Crippen LogP) is 1.07. The van der Waals surface area contributed by atoms with Crippen LogP contribution >= 0.6 is 0 Å². The molecule has 0 aliphatic rings. The van der Waals surface area contributed by atoms with E-state index in [9.17, 15) is 4.79 Å². The van der Waals surface area contributed by atoms with E-state index in [0.29, 0.717) is 23.7 Å². The minimum absolute atomic E-state index is 0.0153. The Balaban J connectivity index is 2.72. The fraction of sp³-hybridized carbons (Fsp3) is 0.300. The fourth-order valence-corrected chi connectivity index (χ4v) is 1.55. The van der Waals surface area contributed by atoms with Crippen LogP contribution in [0.4, 0.5) is 0 Å². The van der Waals surface area contributed by atoms with Crippen molar-refractivity contribution in [3.05, 3.63) is 18.0 Å². The van der Waals surface area contributed by atoms with Crippen LogP contribution < -0.4 is 4.74 Å². The number of rotatable bonds is 3. The molecule has 2 heterocycles. The Morgan fingerprint density at radius 1 is 1.62 bits per heavy atom. The summed E-state index contributed by atoms with van der Waals surface area (Å²) in [4.78, 5) is 19.0. The van der Waals surface area contributed by atoms with Crippen LogP contribution in [0.15, 0.2) is 12.3 Å². The summed E-state index contributed by atoms with van der Waals surface area (Å²) in [5, 5.41) is 9.00. The molecule has 6 nitrogen and oxygen atoms in total. The van der Waals surface area contributed by atoms with E-state index in [1.165, 1.54) is 6.20 Å². The van der Waals surface area contributed by atoms with Gasteiger partial charge in [-0.2, -0.15) is 4.98 Å². The molecule has 0 aliphatic carbocycles. The highest BCUT2D eigenvalue weighted by molar-refractivity contribution is 5.99. The second-order valence-corrected chi connectivity index (χ2v) is 3.22. The summed E-state index contributed by atoms with van der Waals surface area (Å²) in [6.45, 7) is 2.32. The van der Waals surface area contributed by atoms with Crippen molar-refractivity contribution in [1.82, 2.24) is 14.5 Å². The van der Waals surface area contributed by atoms with E-state index in [-0.39, 0.29) is 5.69 Å². The molecule has 0 unspecified atom stereocenters. The van der Waals surface area contributed by atoms with Gasteiger partial charge in [0.1, 0.15) is 5.52 Å². The number of aromatic nitrogens is 3. The van der Waals surface area contributed by atoms with Gasteiger partial charge in [-0.3, -0.25) is 4.57 Å². The van der Waals surface area contributed by atoms with Gasteiger partial charge in [0.2, 0.25) is 0 Å². The van der Waals surface area contributed by atoms with Gasteiger partial charge in [-0.05, 0) is 13.0 Å². The van der Waals surface area contributed by atoms with Crippen molar-refractivity contribution >= 4 is 17.0 Å². The lowest BCUT2D eigenvalue weighted by Gasteiger charge is -2.02.